The summed E-state index contributed by atoms with van der Waals surface area (Å²) >= 11 is 0. The first-order valence-electron chi connectivity index (χ1n) is 9.78. The van der Waals surface area contributed by atoms with Crippen molar-refractivity contribution in [1.82, 2.24) is 14.7 Å². The van der Waals surface area contributed by atoms with Crippen molar-refractivity contribution in [2.45, 2.75) is 26.3 Å². The second-order valence-electron chi connectivity index (χ2n) is 7.83. The summed E-state index contributed by atoms with van der Waals surface area (Å²) in [5.74, 6) is 2.68. The molecule has 1 aromatic carbocycles. The zero-order valence-electron chi connectivity index (χ0n) is 15.7. The average molecular weight is 359 g/mol. The van der Waals surface area contributed by atoms with Crippen LogP contribution in [0.1, 0.15) is 25.3 Å². The van der Waals surface area contributed by atoms with E-state index in [1.165, 1.54) is 18.4 Å². The molecule has 0 aromatic heterocycles. The highest BCUT2D eigenvalue weighted by molar-refractivity contribution is 5.78. The van der Waals surface area contributed by atoms with Crippen LogP contribution in [0.2, 0.25) is 0 Å². The van der Waals surface area contributed by atoms with Gasteiger partial charge in [0.2, 0.25) is 12.7 Å². The molecule has 26 heavy (non-hydrogen) atoms. The Morgan fingerprint density at radius 1 is 1.08 bits per heavy atom. The van der Waals surface area contributed by atoms with Crippen LogP contribution < -0.4 is 9.47 Å². The Morgan fingerprint density at radius 2 is 1.88 bits per heavy atom. The molecule has 4 rings (SSSR count). The highest BCUT2D eigenvalue weighted by Gasteiger charge is 2.25. The lowest BCUT2D eigenvalue weighted by Crippen LogP contribution is -2.51. The van der Waals surface area contributed by atoms with Crippen LogP contribution in [0.5, 0.6) is 11.5 Å². The number of hydrogen-bond acceptors (Lipinski definition) is 5. The lowest BCUT2D eigenvalue weighted by Gasteiger charge is -2.37. The summed E-state index contributed by atoms with van der Waals surface area (Å²) in [5.41, 5.74) is 1.23. The first-order chi connectivity index (χ1) is 12.7. The van der Waals surface area contributed by atoms with Crippen molar-refractivity contribution in [3.63, 3.8) is 0 Å². The highest BCUT2D eigenvalue weighted by Crippen LogP contribution is 2.32. The third-order valence-corrected chi connectivity index (χ3v) is 5.67. The molecule has 0 bridgehead atoms. The van der Waals surface area contributed by atoms with Crippen LogP contribution in [0.3, 0.4) is 0 Å². The number of rotatable bonds is 4. The summed E-state index contributed by atoms with van der Waals surface area (Å²) in [6.45, 7) is 9.72. The normalized spacial score (nSPS) is 24.0. The van der Waals surface area contributed by atoms with E-state index in [-0.39, 0.29) is 0 Å². The number of ether oxygens (including phenoxy) is 2. The maximum absolute atomic E-state index is 12.6. The van der Waals surface area contributed by atoms with Gasteiger partial charge in [-0.3, -0.25) is 14.6 Å². The third kappa shape index (κ3) is 4.13. The van der Waals surface area contributed by atoms with Gasteiger partial charge in [-0.25, -0.2) is 0 Å². The fraction of sp³-hybridized carbons (Fsp3) is 0.650. The predicted molar refractivity (Wildman–Crippen MR) is 99.3 cm³/mol. The van der Waals surface area contributed by atoms with Crippen LogP contribution >= 0.6 is 0 Å². The molecule has 0 spiro atoms. The number of fused-ring (bicyclic) bond motifs is 1. The molecular weight excluding hydrogens is 330 g/mol. The summed E-state index contributed by atoms with van der Waals surface area (Å²) < 4.78 is 10.8. The van der Waals surface area contributed by atoms with Gasteiger partial charge in [-0.2, -0.15) is 0 Å². The summed E-state index contributed by atoms with van der Waals surface area (Å²) in [7, 11) is 0. The fourth-order valence-corrected chi connectivity index (χ4v) is 4.17. The smallest absolute Gasteiger partial charge is 0.236 e. The quantitative estimate of drug-likeness (QED) is 0.820. The van der Waals surface area contributed by atoms with Gasteiger partial charge in [0.25, 0.3) is 0 Å². The molecule has 3 aliphatic heterocycles. The maximum atomic E-state index is 12.6. The Labute approximate surface area is 155 Å². The van der Waals surface area contributed by atoms with Gasteiger partial charge in [0, 0.05) is 39.3 Å². The van der Waals surface area contributed by atoms with E-state index in [9.17, 15) is 4.79 Å². The number of nitrogens with zero attached hydrogens (tertiary/aromatic N) is 3. The second-order valence-corrected chi connectivity index (χ2v) is 7.83. The summed E-state index contributed by atoms with van der Waals surface area (Å²) in [5, 5.41) is 0. The van der Waals surface area contributed by atoms with Crippen molar-refractivity contribution < 1.29 is 14.3 Å². The van der Waals surface area contributed by atoms with Gasteiger partial charge in [0.05, 0.1) is 6.54 Å². The molecule has 6 nitrogen and oxygen atoms in total. The molecule has 2 saturated heterocycles. The number of likely N-dealkylation sites (tertiary alicyclic amines) is 1. The Bertz CT molecular complexity index is 643. The first-order valence-corrected chi connectivity index (χ1v) is 9.78. The molecule has 142 valence electrons. The van der Waals surface area contributed by atoms with Gasteiger partial charge in [0.15, 0.2) is 11.5 Å². The molecule has 3 heterocycles. The Morgan fingerprint density at radius 3 is 2.69 bits per heavy atom. The van der Waals surface area contributed by atoms with E-state index in [0.717, 1.165) is 63.2 Å². The fourth-order valence-electron chi connectivity index (χ4n) is 4.17. The number of benzene rings is 1. The molecule has 0 aliphatic carbocycles. The van der Waals surface area contributed by atoms with Crippen LogP contribution in [-0.4, -0.2) is 73.2 Å². The van der Waals surface area contributed by atoms with Crippen LogP contribution in [0.25, 0.3) is 0 Å². The van der Waals surface area contributed by atoms with Crippen LogP contribution in [0.4, 0.5) is 0 Å². The zero-order valence-corrected chi connectivity index (χ0v) is 15.7. The van der Waals surface area contributed by atoms with E-state index in [2.05, 4.69) is 28.9 Å². The molecule has 6 heteroatoms. The van der Waals surface area contributed by atoms with Gasteiger partial charge in [-0.1, -0.05) is 13.0 Å². The van der Waals surface area contributed by atoms with E-state index in [4.69, 9.17) is 9.47 Å². The van der Waals surface area contributed by atoms with Crippen LogP contribution in [-0.2, 0) is 11.3 Å². The van der Waals surface area contributed by atoms with Crippen molar-refractivity contribution in [2.75, 3.05) is 52.6 Å². The number of piperazine rings is 1. The summed E-state index contributed by atoms with van der Waals surface area (Å²) in [6.07, 6.45) is 2.51. The van der Waals surface area contributed by atoms with Crippen LogP contribution in [0, 0.1) is 5.92 Å². The Kier molecular flexibility index (Phi) is 5.31. The number of carbonyl (C=O) groups excluding carboxylic acids is 1. The number of piperidine rings is 1. The van der Waals surface area contributed by atoms with Gasteiger partial charge < -0.3 is 14.4 Å². The summed E-state index contributed by atoms with van der Waals surface area (Å²) in [6, 6.07) is 6.15. The van der Waals surface area contributed by atoms with Gasteiger partial charge >= 0.3 is 0 Å². The Hall–Kier alpha value is -1.79. The molecule has 0 radical (unpaired) electrons. The van der Waals surface area contributed by atoms with E-state index in [1.54, 1.807) is 0 Å². The summed E-state index contributed by atoms with van der Waals surface area (Å²) in [4.78, 5) is 19.4. The first kappa shape index (κ1) is 17.6. The molecule has 1 atom stereocenters. The van der Waals surface area contributed by atoms with Gasteiger partial charge in [-0.05, 0) is 43.0 Å². The Balaban J connectivity index is 1.24. The van der Waals surface area contributed by atoms with Crippen LogP contribution in [0.15, 0.2) is 18.2 Å². The molecule has 1 amide bonds. The number of hydrogen-bond donors (Lipinski definition) is 0. The molecule has 1 unspecified atom stereocenters. The molecule has 2 fully saturated rings. The third-order valence-electron chi connectivity index (χ3n) is 5.67. The lowest BCUT2D eigenvalue weighted by molar-refractivity contribution is -0.134. The standard InChI is InChI=1S/C20H29N3O3/c1-16-3-2-6-22(12-16)14-20(24)23-9-7-21(8-10-23)13-17-4-5-18-19(11-17)26-15-25-18/h4-5,11,16H,2-3,6-10,12-15H2,1H3. The van der Waals surface area contributed by atoms with E-state index in [1.807, 2.05) is 11.0 Å². The topological polar surface area (TPSA) is 45.3 Å². The van der Waals surface area contributed by atoms with E-state index < -0.39 is 0 Å². The number of amides is 1. The average Bonchev–Trinajstić information content (AvgIpc) is 3.10. The second kappa shape index (κ2) is 7.84. The molecular formula is C20H29N3O3. The SMILES string of the molecule is CC1CCCN(CC(=O)N2CCN(Cc3ccc4c(c3)OCO4)CC2)C1. The zero-order chi connectivity index (χ0) is 17.9. The maximum Gasteiger partial charge on any atom is 0.236 e. The van der Waals surface area contributed by atoms with E-state index in [0.29, 0.717) is 19.2 Å². The minimum atomic E-state index is 0.293. The molecule has 1 aromatic rings. The van der Waals surface area contributed by atoms with Gasteiger partial charge in [0.1, 0.15) is 0 Å². The number of carbonyl (C=O) groups is 1. The molecule has 3 aliphatic rings. The van der Waals surface area contributed by atoms with Gasteiger partial charge in [-0.15, -0.1) is 0 Å². The van der Waals surface area contributed by atoms with Crippen molar-refractivity contribution in [1.29, 1.82) is 0 Å². The van der Waals surface area contributed by atoms with Crippen molar-refractivity contribution in [2.24, 2.45) is 5.92 Å². The van der Waals surface area contributed by atoms with Crippen molar-refractivity contribution in [3.8, 4) is 11.5 Å². The molecule has 0 N–H and O–H groups in total. The van der Waals surface area contributed by atoms with Crippen molar-refractivity contribution in [3.05, 3.63) is 23.8 Å². The van der Waals surface area contributed by atoms with E-state index >= 15 is 0 Å². The largest absolute Gasteiger partial charge is 0.454 e. The molecule has 0 saturated carbocycles. The van der Waals surface area contributed by atoms with Crippen molar-refractivity contribution >= 4 is 5.91 Å². The minimum absolute atomic E-state index is 0.293. The minimum Gasteiger partial charge on any atom is -0.454 e. The predicted octanol–water partition coefficient (Wildman–Crippen LogP) is 1.79. The lowest BCUT2D eigenvalue weighted by atomic mass is 10.0. The highest BCUT2D eigenvalue weighted by atomic mass is 16.7. The monoisotopic (exact) mass is 359 g/mol.